The van der Waals surface area contributed by atoms with E-state index in [-0.39, 0.29) is 30.5 Å². The summed E-state index contributed by atoms with van der Waals surface area (Å²) in [6, 6.07) is 13.4. The Balaban J connectivity index is 1.66. The van der Waals surface area contributed by atoms with Gasteiger partial charge in [0.05, 0.1) is 10.8 Å². The molecule has 0 spiro atoms. The Morgan fingerprint density at radius 1 is 1.19 bits per heavy atom. The van der Waals surface area contributed by atoms with E-state index in [2.05, 4.69) is 12.2 Å². The van der Waals surface area contributed by atoms with Gasteiger partial charge in [-0.05, 0) is 36.2 Å². The lowest BCUT2D eigenvalue weighted by atomic mass is 10.1. The third kappa shape index (κ3) is 3.72. The van der Waals surface area contributed by atoms with Gasteiger partial charge in [0.2, 0.25) is 11.8 Å². The Morgan fingerprint density at radius 2 is 1.85 bits per heavy atom. The van der Waals surface area contributed by atoms with E-state index in [0.29, 0.717) is 11.4 Å². The summed E-state index contributed by atoms with van der Waals surface area (Å²) in [7, 11) is 0. The first-order valence-corrected chi connectivity index (χ1v) is 8.42. The molecule has 1 atom stereocenters. The van der Waals surface area contributed by atoms with E-state index in [4.69, 9.17) is 0 Å². The van der Waals surface area contributed by atoms with Gasteiger partial charge in [-0.25, -0.2) is 0 Å². The maximum atomic E-state index is 12.5. The van der Waals surface area contributed by atoms with Gasteiger partial charge in [-0.15, -0.1) is 0 Å². The number of nitrogens with one attached hydrogen (secondary N) is 1. The van der Waals surface area contributed by atoms with Gasteiger partial charge in [-0.1, -0.05) is 19.1 Å². The minimum absolute atomic E-state index is 0.0368. The number of carbonyl (C=O) groups is 2. The number of anilines is 2. The summed E-state index contributed by atoms with van der Waals surface area (Å²) in [6.45, 7) is 2.32. The summed E-state index contributed by atoms with van der Waals surface area (Å²) >= 11 is 0. The Morgan fingerprint density at radius 3 is 2.42 bits per heavy atom. The number of carbonyl (C=O) groups excluding carboxylic acids is 2. The molecule has 0 aliphatic carbocycles. The normalized spacial score (nSPS) is 16.6. The van der Waals surface area contributed by atoms with E-state index in [1.165, 1.54) is 34.7 Å². The van der Waals surface area contributed by atoms with Crippen LogP contribution in [0.4, 0.5) is 17.1 Å². The van der Waals surface area contributed by atoms with Crippen molar-refractivity contribution in [3.05, 3.63) is 64.2 Å². The highest BCUT2D eigenvalue weighted by Gasteiger charge is 2.35. The smallest absolute Gasteiger partial charge is 0.269 e. The van der Waals surface area contributed by atoms with E-state index >= 15 is 0 Å². The van der Waals surface area contributed by atoms with Crippen molar-refractivity contribution in [2.24, 2.45) is 5.92 Å². The van der Waals surface area contributed by atoms with Crippen LogP contribution in [-0.2, 0) is 16.0 Å². The molecule has 0 unspecified atom stereocenters. The molecule has 1 fully saturated rings. The fourth-order valence-electron chi connectivity index (χ4n) is 2.96. The number of hydrogen-bond acceptors (Lipinski definition) is 4. The maximum Gasteiger partial charge on any atom is 0.269 e. The predicted molar refractivity (Wildman–Crippen MR) is 98.0 cm³/mol. The number of amides is 2. The predicted octanol–water partition coefficient (Wildman–Crippen LogP) is 3.15. The molecule has 2 aromatic rings. The average molecular weight is 353 g/mol. The molecule has 3 rings (SSSR count). The second-order valence-electron chi connectivity index (χ2n) is 6.22. The first-order chi connectivity index (χ1) is 12.5. The van der Waals surface area contributed by atoms with Crippen molar-refractivity contribution in [3.63, 3.8) is 0 Å². The molecule has 0 radical (unpaired) electrons. The fourth-order valence-corrected chi connectivity index (χ4v) is 2.96. The van der Waals surface area contributed by atoms with Crippen molar-refractivity contribution in [1.29, 1.82) is 0 Å². The molecule has 1 saturated heterocycles. The van der Waals surface area contributed by atoms with E-state index in [9.17, 15) is 19.7 Å². The largest absolute Gasteiger partial charge is 0.326 e. The van der Waals surface area contributed by atoms with E-state index in [1.54, 1.807) is 0 Å². The number of non-ortho nitro benzene ring substituents is 1. The third-order valence-corrected chi connectivity index (χ3v) is 4.50. The Bertz CT molecular complexity index is 831. The number of rotatable bonds is 5. The zero-order chi connectivity index (χ0) is 18.7. The Kier molecular flexibility index (Phi) is 4.97. The van der Waals surface area contributed by atoms with Gasteiger partial charge < -0.3 is 10.2 Å². The van der Waals surface area contributed by atoms with Crippen LogP contribution in [0.15, 0.2) is 48.5 Å². The maximum absolute atomic E-state index is 12.5. The Hall–Kier alpha value is -3.22. The van der Waals surface area contributed by atoms with Crippen molar-refractivity contribution in [2.45, 2.75) is 19.8 Å². The van der Waals surface area contributed by atoms with Gasteiger partial charge in [0.1, 0.15) is 0 Å². The van der Waals surface area contributed by atoms with Gasteiger partial charge in [-0.2, -0.15) is 0 Å². The summed E-state index contributed by atoms with van der Waals surface area (Å²) in [5.74, 6) is -0.823. The first-order valence-electron chi connectivity index (χ1n) is 8.42. The van der Waals surface area contributed by atoms with Crippen molar-refractivity contribution >= 4 is 28.9 Å². The van der Waals surface area contributed by atoms with Gasteiger partial charge in [0.15, 0.2) is 0 Å². The van der Waals surface area contributed by atoms with Crippen LogP contribution in [0.3, 0.4) is 0 Å². The molecule has 1 N–H and O–H groups in total. The van der Waals surface area contributed by atoms with Crippen LogP contribution in [0.1, 0.15) is 18.9 Å². The number of nitrogens with zero attached hydrogens (tertiary/aromatic N) is 2. The van der Waals surface area contributed by atoms with Crippen molar-refractivity contribution < 1.29 is 14.5 Å². The molecule has 134 valence electrons. The minimum atomic E-state index is -0.490. The standard InChI is InChI=1S/C19H19N3O4/c1-2-13-3-5-15(6-4-13)20-19(24)14-11-18(23)21(12-14)16-7-9-17(10-8-16)22(25)26/h3-10,14H,2,11-12H2,1H3,(H,20,24)/t14-/m1/s1. The minimum Gasteiger partial charge on any atom is -0.326 e. The number of hydrogen-bond donors (Lipinski definition) is 1. The first kappa shape index (κ1) is 17.6. The molecule has 26 heavy (non-hydrogen) atoms. The van der Waals surface area contributed by atoms with Crippen LogP contribution in [0.5, 0.6) is 0 Å². The molecule has 0 aromatic heterocycles. The molecular formula is C19H19N3O4. The van der Waals surface area contributed by atoms with E-state index in [0.717, 1.165) is 6.42 Å². The highest BCUT2D eigenvalue weighted by atomic mass is 16.6. The molecule has 1 aliphatic rings. The molecule has 7 nitrogen and oxygen atoms in total. The lowest BCUT2D eigenvalue weighted by Crippen LogP contribution is -2.28. The summed E-state index contributed by atoms with van der Waals surface area (Å²) < 4.78 is 0. The topological polar surface area (TPSA) is 92.6 Å². The van der Waals surface area contributed by atoms with Crippen molar-refractivity contribution in [1.82, 2.24) is 0 Å². The highest BCUT2D eigenvalue weighted by molar-refractivity contribution is 6.03. The molecule has 2 amide bonds. The van der Waals surface area contributed by atoms with Crippen LogP contribution in [-0.4, -0.2) is 23.3 Å². The van der Waals surface area contributed by atoms with Crippen LogP contribution < -0.4 is 10.2 Å². The van der Waals surface area contributed by atoms with Crippen LogP contribution >= 0.6 is 0 Å². The number of nitro groups is 1. The molecular weight excluding hydrogens is 334 g/mol. The third-order valence-electron chi connectivity index (χ3n) is 4.50. The molecule has 1 aliphatic heterocycles. The second-order valence-corrected chi connectivity index (χ2v) is 6.22. The SMILES string of the molecule is CCc1ccc(NC(=O)[C@@H]2CC(=O)N(c3ccc([N+](=O)[O-])cc3)C2)cc1. The van der Waals surface area contributed by atoms with Crippen LogP contribution in [0.25, 0.3) is 0 Å². The monoisotopic (exact) mass is 353 g/mol. The lowest BCUT2D eigenvalue weighted by molar-refractivity contribution is -0.384. The highest BCUT2D eigenvalue weighted by Crippen LogP contribution is 2.27. The lowest BCUT2D eigenvalue weighted by Gasteiger charge is -2.16. The second kappa shape index (κ2) is 7.35. The summed E-state index contributed by atoms with van der Waals surface area (Å²) in [6.07, 6.45) is 1.05. The molecule has 0 saturated carbocycles. The quantitative estimate of drug-likeness (QED) is 0.660. The number of nitro benzene ring substituents is 1. The van der Waals surface area contributed by atoms with E-state index < -0.39 is 10.8 Å². The summed E-state index contributed by atoms with van der Waals surface area (Å²) in [5.41, 5.74) is 2.41. The molecule has 2 aromatic carbocycles. The van der Waals surface area contributed by atoms with Crippen molar-refractivity contribution in [2.75, 3.05) is 16.8 Å². The van der Waals surface area contributed by atoms with Gasteiger partial charge in [0, 0.05) is 36.5 Å². The van der Waals surface area contributed by atoms with E-state index in [1.807, 2.05) is 24.3 Å². The number of benzene rings is 2. The molecule has 0 bridgehead atoms. The molecule has 7 heteroatoms. The Labute approximate surface area is 150 Å². The van der Waals surface area contributed by atoms with Gasteiger partial charge >= 0.3 is 0 Å². The fraction of sp³-hybridized carbons (Fsp3) is 0.263. The van der Waals surface area contributed by atoms with Crippen LogP contribution in [0, 0.1) is 16.0 Å². The molecule has 1 heterocycles. The van der Waals surface area contributed by atoms with Crippen molar-refractivity contribution in [3.8, 4) is 0 Å². The summed E-state index contributed by atoms with van der Waals surface area (Å²) in [5, 5.41) is 13.6. The summed E-state index contributed by atoms with van der Waals surface area (Å²) in [4.78, 5) is 36.4. The zero-order valence-electron chi connectivity index (χ0n) is 14.3. The van der Waals surface area contributed by atoms with Gasteiger partial charge in [0.25, 0.3) is 5.69 Å². The van der Waals surface area contributed by atoms with Crippen LogP contribution in [0.2, 0.25) is 0 Å². The zero-order valence-corrected chi connectivity index (χ0v) is 14.3. The van der Waals surface area contributed by atoms with Gasteiger partial charge in [-0.3, -0.25) is 19.7 Å². The average Bonchev–Trinajstić information content (AvgIpc) is 3.04. The number of aryl methyl sites for hydroxylation is 1.